The van der Waals surface area contributed by atoms with E-state index in [1.165, 1.54) is 0 Å². The molecule has 0 bridgehead atoms. The number of allylic oxidation sites excluding steroid dienone is 2. The Kier molecular flexibility index (Phi) is 3.38. The highest BCUT2D eigenvalue weighted by molar-refractivity contribution is 5.87. The Bertz CT molecular complexity index is 485. The van der Waals surface area contributed by atoms with E-state index in [1.807, 2.05) is 0 Å². The molecule has 0 atom stereocenters. The van der Waals surface area contributed by atoms with Gasteiger partial charge in [-0.2, -0.15) is 10.5 Å². The van der Waals surface area contributed by atoms with Crippen molar-refractivity contribution in [3.63, 3.8) is 0 Å². The van der Waals surface area contributed by atoms with Crippen LogP contribution in [0.2, 0.25) is 0 Å². The summed E-state index contributed by atoms with van der Waals surface area (Å²) in [5.41, 5.74) is 1.68. The lowest BCUT2D eigenvalue weighted by Crippen LogP contribution is -1.91. The van der Waals surface area contributed by atoms with Crippen molar-refractivity contribution in [2.75, 3.05) is 0 Å². The molecule has 1 aromatic carbocycles. The minimum Gasteiger partial charge on any atom is -0.298 e. The summed E-state index contributed by atoms with van der Waals surface area (Å²) in [6.07, 6.45) is 0.713. The molecule has 0 heterocycles. The monoisotopic (exact) mass is 196 g/mol. The van der Waals surface area contributed by atoms with Crippen LogP contribution in [-0.2, 0) is 0 Å². The Morgan fingerprint density at radius 2 is 1.87 bits per heavy atom. The van der Waals surface area contributed by atoms with Gasteiger partial charge in [-0.1, -0.05) is 24.3 Å². The van der Waals surface area contributed by atoms with Gasteiger partial charge in [0.05, 0.1) is 0 Å². The zero-order valence-corrected chi connectivity index (χ0v) is 8.19. The molecule has 1 rings (SSSR count). The number of carbonyl (C=O) groups is 1. The van der Waals surface area contributed by atoms with Gasteiger partial charge in [-0.15, -0.1) is 0 Å². The van der Waals surface area contributed by atoms with E-state index in [2.05, 4.69) is 0 Å². The van der Waals surface area contributed by atoms with Crippen molar-refractivity contribution in [1.82, 2.24) is 0 Å². The molecule has 0 spiro atoms. The van der Waals surface area contributed by atoms with Crippen LogP contribution < -0.4 is 0 Å². The Balaban J connectivity index is 3.42. The van der Waals surface area contributed by atoms with Crippen LogP contribution in [-0.4, -0.2) is 6.29 Å². The Morgan fingerprint density at radius 1 is 1.27 bits per heavy atom. The van der Waals surface area contributed by atoms with Crippen LogP contribution >= 0.6 is 0 Å². The topological polar surface area (TPSA) is 64.7 Å². The normalized spacial score (nSPS) is 8.47. The zero-order valence-electron chi connectivity index (χ0n) is 8.19. The summed E-state index contributed by atoms with van der Waals surface area (Å²) in [5, 5.41) is 17.4. The second-order valence-electron chi connectivity index (χ2n) is 2.93. The Labute approximate surface area is 87.9 Å². The number of nitrogens with zero attached hydrogens (tertiary/aromatic N) is 2. The molecule has 0 amide bonds. The number of hydrogen-bond donors (Lipinski definition) is 0. The minimum absolute atomic E-state index is 0.0318. The summed E-state index contributed by atoms with van der Waals surface area (Å²) < 4.78 is 0. The molecule has 0 aliphatic rings. The van der Waals surface area contributed by atoms with Crippen molar-refractivity contribution >= 4 is 11.9 Å². The first-order chi connectivity index (χ1) is 7.24. The standard InChI is InChI=1S/C12H8N2O/c1-9(11(6-13)7-14)12-5-3-2-4-10(12)8-15/h2-5,8H,1H3. The summed E-state index contributed by atoms with van der Waals surface area (Å²) in [5.74, 6) is 0. The van der Waals surface area contributed by atoms with Crippen LogP contribution in [0.25, 0.3) is 5.57 Å². The Morgan fingerprint density at radius 3 is 2.40 bits per heavy atom. The predicted molar refractivity (Wildman–Crippen MR) is 55.6 cm³/mol. The molecule has 0 aromatic heterocycles. The van der Waals surface area contributed by atoms with Crippen LogP contribution in [0.3, 0.4) is 0 Å². The third-order valence-corrected chi connectivity index (χ3v) is 2.09. The Hall–Kier alpha value is -2.39. The second-order valence-corrected chi connectivity index (χ2v) is 2.93. The van der Waals surface area contributed by atoms with Crippen molar-refractivity contribution < 1.29 is 4.79 Å². The van der Waals surface area contributed by atoms with Gasteiger partial charge in [0.1, 0.15) is 17.7 Å². The van der Waals surface area contributed by atoms with E-state index in [1.54, 1.807) is 43.3 Å². The van der Waals surface area contributed by atoms with Gasteiger partial charge >= 0.3 is 0 Å². The zero-order chi connectivity index (χ0) is 11.3. The first kappa shape index (κ1) is 10.7. The maximum absolute atomic E-state index is 10.7. The predicted octanol–water partition coefficient (Wildman–Crippen LogP) is 2.32. The third-order valence-electron chi connectivity index (χ3n) is 2.09. The fraction of sp³-hybridized carbons (Fsp3) is 0.0833. The lowest BCUT2D eigenvalue weighted by atomic mass is 9.98. The van der Waals surface area contributed by atoms with Crippen molar-refractivity contribution in [1.29, 1.82) is 10.5 Å². The molecule has 0 aliphatic carbocycles. The first-order valence-corrected chi connectivity index (χ1v) is 4.30. The summed E-state index contributed by atoms with van der Waals surface area (Å²) in [7, 11) is 0. The van der Waals surface area contributed by atoms with E-state index < -0.39 is 0 Å². The number of nitriles is 2. The van der Waals surface area contributed by atoms with E-state index >= 15 is 0 Å². The van der Waals surface area contributed by atoms with Gasteiger partial charge in [-0.3, -0.25) is 4.79 Å². The number of rotatable bonds is 2. The largest absolute Gasteiger partial charge is 0.298 e. The number of benzene rings is 1. The average molecular weight is 196 g/mol. The van der Waals surface area contributed by atoms with Crippen LogP contribution in [0.5, 0.6) is 0 Å². The lowest BCUT2D eigenvalue weighted by Gasteiger charge is -2.03. The molecule has 1 aromatic rings. The molecule has 0 aliphatic heterocycles. The van der Waals surface area contributed by atoms with E-state index in [0.717, 1.165) is 0 Å². The van der Waals surface area contributed by atoms with Gasteiger partial charge in [0.2, 0.25) is 0 Å². The molecular formula is C12H8N2O. The molecule has 0 N–H and O–H groups in total. The number of carbonyl (C=O) groups excluding carboxylic acids is 1. The minimum atomic E-state index is 0.0318. The van der Waals surface area contributed by atoms with Crippen LogP contribution in [0.4, 0.5) is 0 Å². The molecule has 0 saturated heterocycles. The number of aldehydes is 1. The number of hydrogen-bond acceptors (Lipinski definition) is 3. The highest BCUT2D eigenvalue weighted by atomic mass is 16.1. The van der Waals surface area contributed by atoms with E-state index in [-0.39, 0.29) is 5.57 Å². The van der Waals surface area contributed by atoms with Gasteiger partial charge in [0, 0.05) is 5.56 Å². The van der Waals surface area contributed by atoms with Crippen LogP contribution in [0.15, 0.2) is 29.8 Å². The van der Waals surface area contributed by atoms with E-state index in [9.17, 15) is 4.79 Å². The SMILES string of the molecule is CC(=C(C#N)C#N)c1ccccc1C=O. The summed E-state index contributed by atoms with van der Waals surface area (Å²) in [4.78, 5) is 10.7. The second kappa shape index (κ2) is 4.74. The highest BCUT2D eigenvalue weighted by Gasteiger charge is 2.07. The summed E-state index contributed by atoms with van der Waals surface area (Å²) in [6.45, 7) is 1.66. The van der Waals surface area contributed by atoms with Gasteiger partial charge < -0.3 is 0 Å². The van der Waals surface area contributed by atoms with Crippen molar-refractivity contribution in [3.8, 4) is 12.1 Å². The van der Waals surface area contributed by atoms with Crippen LogP contribution in [0, 0.1) is 22.7 Å². The average Bonchev–Trinajstić information content (AvgIpc) is 2.30. The smallest absolute Gasteiger partial charge is 0.150 e. The highest BCUT2D eigenvalue weighted by Crippen LogP contribution is 2.20. The van der Waals surface area contributed by atoms with Crippen LogP contribution in [0.1, 0.15) is 22.8 Å². The fourth-order valence-electron chi connectivity index (χ4n) is 1.27. The molecule has 3 heteroatoms. The molecule has 72 valence electrons. The van der Waals surface area contributed by atoms with Gasteiger partial charge in [-0.25, -0.2) is 0 Å². The first-order valence-electron chi connectivity index (χ1n) is 4.30. The van der Waals surface area contributed by atoms with Crippen molar-refractivity contribution in [3.05, 3.63) is 41.0 Å². The molecule has 0 saturated carbocycles. The molecule has 0 unspecified atom stereocenters. The van der Waals surface area contributed by atoms with Gasteiger partial charge in [0.15, 0.2) is 6.29 Å². The lowest BCUT2D eigenvalue weighted by molar-refractivity contribution is 0.112. The quantitative estimate of drug-likeness (QED) is 0.538. The van der Waals surface area contributed by atoms with E-state index in [0.29, 0.717) is 23.0 Å². The van der Waals surface area contributed by atoms with Crippen molar-refractivity contribution in [2.45, 2.75) is 6.92 Å². The fourth-order valence-corrected chi connectivity index (χ4v) is 1.27. The van der Waals surface area contributed by atoms with Gasteiger partial charge in [-0.05, 0) is 18.1 Å². The molecular weight excluding hydrogens is 188 g/mol. The van der Waals surface area contributed by atoms with Crippen molar-refractivity contribution in [2.24, 2.45) is 0 Å². The van der Waals surface area contributed by atoms with E-state index in [4.69, 9.17) is 10.5 Å². The summed E-state index contributed by atoms with van der Waals surface area (Å²) >= 11 is 0. The molecule has 0 radical (unpaired) electrons. The maximum atomic E-state index is 10.7. The maximum Gasteiger partial charge on any atom is 0.150 e. The summed E-state index contributed by atoms with van der Waals surface area (Å²) in [6, 6.07) is 10.5. The molecule has 15 heavy (non-hydrogen) atoms. The third kappa shape index (κ3) is 2.10. The molecule has 3 nitrogen and oxygen atoms in total. The van der Waals surface area contributed by atoms with Gasteiger partial charge in [0.25, 0.3) is 0 Å². The molecule has 0 fully saturated rings.